The molecule has 1 atom stereocenters. The van der Waals surface area contributed by atoms with Crippen LogP contribution in [0.15, 0.2) is 24.3 Å². The molecule has 1 amide bonds. The maximum Gasteiger partial charge on any atom is 0.274 e. The third-order valence-electron chi connectivity index (χ3n) is 2.55. The number of ether oxygens (including phenoxy) is 1. The number of nitrogens with one attached hydrogen (secondary N) is 1. The first-order chi connectivity index (χ1) is 8.21. The fourth-order valence-electron chi connectivity index (χ4n) is 1.60. The van der Waals surface area contributed by atoms with Crippen LogP contribution < -0.4 is 16.0 Å². The first-order valence-electron chi connectivity index (χ1n) is 5.97. The first kappa shape index (κ1) is 13.5. The van der Waals surface area contributed by atoms with Crippen LogP contribution in [0.1, 0.15) is 32.3 Å². The summed E-state index contributed by atoms with van der Waals surface area (Å²) in [4.78, 5) is 11.4. The highest BCUT2D eigenvalue weighted by atomic mass is 16.5. The zero-order valence-electron chi connectivity index (χ0n) is 10.4. The van der Waals surface area contributed by atoms with E-state index in [2.05, 4.69) is 12.3 Å². The van der Waals surface area contributed by atoms with Crippen LogP contribution in [0.5, 0.6) is 5.75 Å². The van der Waals surface area contributed by atoms with E-state index in [0.29, 0.717) is 12.2 Å². The molecule has 0 saturated carbocycles. The van der Waals surface area contributed by atoms with E-state index in [0.717, 1.165) is 12.8 Å². The van der Waals surface area contributed by atoms with Crippen LogP contribution in [0.3, 0.4) is 0 Å². The normalized spacial score (nSPS) is 11.9. The lowest BCUT2D eigenvalue weighted by atomic mass is 10.1. The van der Waals surface area contributed by atoms with E-state index < -0.39 is 6.10 Å². The van der Waals surface area contributed by atoms with E-state index in [4.69, 9.17) is 10.6 Å². The number of carbonyl (C=O) groups excluding carboxylic acids is 1. The lowest BCUT2D eigenvalue weighted by Crippen LogP contribution is -2.41. The van der Waals surface area contributed by atoms with Crippen molar-refractivity contribution in [2.24, 2.45) is 5.84 Å². The smallest absolute Gasteiger partial charge is 0.274 e. The van der Waals surface area contributed by atoms with Crippen molar-refractivity contribution in [3.63, 3.8) is 0 Å². The van der Waals surface area contributed by atoms with Crippen molar-refractivity contribution in [1.82, 2.24) is 5.43 Å². The molecule has 0 aliphatic rings. The zero-order valence-corrected chi connectivity index (χ0v) is 10.4. The summed E-state index contributed by atoms with van der Waals surface area (Å²) in [6.07, 6.45) is 2.23. The number of benzene rings is 1. The molecule has 0 fully saturated rings. The number of nitrogens with two attached hydrogens (primary N) is 1. The van der Waals surface area contributed by atoms with Gasteiger partial charge in [-0.15, -0.1) is 0 Å². The third kappa shape index (κ3) is 4.07. The Bertz CT molecular complexity index is 349. The maximum absolute atomic E-state index is 11.4. The van der Waals surface area contributed by atoms with Crippen LogP contribution in [0.2, 0.25) is 0 Å². The number of carbonyl (C=O) groups is 1. The van der Waals surface area contributed by atoms with E-state index in [-0.39, 0.29) is 5.91 Å². The Balaban J connectivity index is 2.64. The average Bonchev–Trinajstić information content (AvgIpc) is 2.37. The Labute approximate surface area is 102 Å². The van der Waals surface area contributed by atoms with Gasteiger partial charge >= 0.3 is 0 Å². The molecule has 1 unspecified atom stereocenters. The number of aryl methyl sites for hydroxylation is 1. The zero-order chi connectivity index (χ0) is 12.7. The van der Waals surface area contributed by atoms with Gasteiger partial charge in [-0.05, 0) is 30.5 Å². The van der Waals surface area contributed by atoms with Gasteiger partial charge in [0.1, 0.15) is 5.75 Å². The molecule has 1 aromatic rings. The van der Waals surface area contributed by atoms with Gasteiger partial charge in [-0.25, -0.2) is 5.84 Å². The average molecular weight is 236 g/mol. The van der Waals surface area contributed by atoms with Crippen molar-refractivity contribution in [2.45, 2.75) is 39.2 Å². The van der Waals surface area contributed by atoms with Crippen molar-refractivity contribution >= 4 is 5.91 Å². The molecule has 0 saturated heterocycles. The minimum atomic E-state index is -0.531. The van der Waals surface area contributed by atoms with Gasteiger partial charge in [0, 0.05) is 0 Å². The lowest BCUT2D eigenvalue weighted by molar-refractivity contribution is -0.128. The van der Waals surface area contributed by atoms with Crippen LogP contribution in [-0.4, -0.2) is 12.0 Å². The van der Waals surface area contributed by atoms with Crippen LogP contribution in [-0.2, 0) is 11.2 Å². The number of amides is 1. The topological polar surface area (TPSA) is 64.3 Å². The van der Waals surface area contributed by atoms with Crippen molar-refractivity contribution in [3.05, 3.63) is 29.8 Å². The summed E-state index contributed by atoms with van der Waals surface area (Å²) in [7, 11) is 0. The highest BCUT2D eigenvalue weighted by Gasteiger charge is 2.16. The Morgan fingerprint density at radius 3 is 2.47 bits per heavy atom. The SMILES string of the molecule is CCCc1ccc(OC(CC)C(=O)NN)cc1. The van der Waals surface area contributed by atoms with Crippen LogP contribution in [0, 0.1) is 0 Å². The molecule has 0 radical (unpaired) electrons. The molecule has 4 heteroatoms. The molecule has 4 nitrogen and oxygen atoms in total. The van der Waals surface area contributed by atoms with E-state index in [1.54, 1.807) is 0 Å². The Morgan fingerprint density at radius 2 is 2.00 bits per heavy atom. The first-order valence-corrected chi connectivity index (χ1v) is 5.97. The van der Waals surface area contributed by atoms with Crippen molar-refractivity contribution in [1.29, 1.82) is 0 Å². The minimum Gasteiger partial charge on any atom is -0.481 e. The second-order valence-corrected chi connectivity index (χ2v) is 3.92. The van der Waals surface area contributed by atoms with Gasteiger partial charge in [0.2, 0.25) is 0 Å². The molecule has 0 aromatic heterocycles. The van der Waals surface area contributed by atoms with Crippen LogP contribution in [0.25, 0.3) is 0 Å². The van der Waals surface area contributed by atoms with E-state index in [1.165, 1.54) is 5.56 Å². The standard InChI is InChI=1S/C13H20N2O2/c1-3-5-10-6-8-11(9-7-10)17-12(4-2)13(16)15-14/h6-9,12H,3-5,14H2,1-2H3,(H,15,16). The molecule has 1 rings (SSSR count). The highest BCUT2D eigenvalue weighted by molar-refractivity contribution is 5.80. The summed E-state index contributed by atoms with van der Waals surface area (Å²) >= 11 is 0. The molecular formula is C13H20N2O2. The quantitative estimate of drug-likeness (QED) is 0.449. The second kappa shape index (κ2) is 6.91. The van der Waals surface area contributed by atoms with E-state index in [9.17, 15) is 4.79 Å². The lowest BCUT2D eigenvalue weighted by Gasteiger charge is -2.15. The fraction of sp³-hybridized carbons (Fsp3) is 0.462. The van der Waals surface area contributed by atoms with Gasteiger partial charge in [-0.2, -0.15) is 0 Å². The third-order valence-corrected chi connectivity index (χ3v) is 2.55. The van der Waals surface area contributed by atoms with Gasteiger partial charge < -0.3 is 4.74 Å². The summed E-state index contributed by atoms with van der Waals surface area (Å²) in [6, 6.07) is 7.81. The van der Waals surface area contributed by atoms with Gasteiger partial charge in [0.25, 0.3) is 5.91 Å². The van der Waals surface area contributed by atoms with Crippen LogP contribution >= 0.6 is 0 Å². The monoisotopic (exact) mass is 236 g/mol. The number of hydrazine groups is 1. The summed E-state index contributed by atoms with van der Waals surface area (Å²) < 4.78 is 5.56. The predicted molar refractivity (Wildman–Crippen MR) is 67.5 cm³/mol. The van der Waals surface area contributed by atoms with E-state index in [1.807, 2.05) is 31.2 Å². The molecule has 0 aliphatic carbocycles. The summed E-state index contributed by atoms with van der Waals surface area (Å²) in [5.74, 6) is 5.48. The van der Waals surface area contributed by atoms with Gasteiger partial charge in [0.05, 0.1) is 0 Å². The van der Waals surface area contributed by atoms with E-state index >= 15 is 0 Å². The second-order valence-electron chi connectivity index (χ2n) is 3.92. The minimum absolute atomic E-state index is 0.301. The van der Waals surface area contributed by atoms with Crippen molar-refractivity contribution in [2.75, 3.05) is 0 Å². The Hall–Kier alpha value is -1.55. The molecule has 0 bridgehead atoms. The predicted octanol–water partition coefficient (Wildman–Crippen LogP) is 1.79. The Morgan fingerprint density at radius 1 is 1.35 bits per heavy atom. The highest BCUT2D eigenvalue weighted by Crippen LogP contribution is 2.15. The summed E-state index contributed by atoms with van der Waals surface area (Å²) in [5, 5.41) is 0. The summed E-state index contributed by atoms with van der Waals surface area (Å²) in [6.45, 7) is 4.02. The van der Waals surface area contributed by atoms with Crippen LogP contribution in [0.4, 0.5) is 0 Å². The van der Waals surface area contributed by atoms with Crippen molar-refractivity contribution < 1.29 is 9.53 Å². The molecule has 0 aliphatic heterocycles. The molecule has 0 heterocycles. The van der Waals surface area contributed by atoms with Crippen molar-refractivity contribution in [3.8, 4) is 5.75 Å². The summed E-state index contributed by atoms with van der Waals surface area (Å²) in [5.41, 5.74) is 3.38. The van der Waals surface area contributed by atoms with Gasteiger partial charge in [0.15, 0.2) is 6.10 Å². The molecular weight excluding hydrogens is 216 g/mol. The molecule has 3 N–H and O–H groups in total. The Kier molecular flexibility index (Phi) is 5.49. The van der Waals surface area contributed by atoms with Gasteiger partial charge in [-0.1, -0.05) is 32.4 Å². The molecule has 94 valence electrons. The number of rotatable bonds is 6. The largest absolute Gasteiger partial charge is 0.481 e. The number of hydrogen-bond acceptors (Lipinski definition) is 3. The molecule has 1 aromatic carbocycles. The number of hydrogen-bond donors (Lipinski definition) is 2. The molecule has 0 spiro atoms. The maximum atomic E-state index is 11.4. The fourth-order valence-corrected chi connectivity index (χ4v) is 1.60. The molecule has 17 heavy (non-hydrogen) atoms. The van der Waals surface area contributed by atoms with Gasteiger partial charge in [-0.3, -0.25) is 10.2 Å².